The predicted molar refractivity (Wildman–Crippen MR) is 74.2 cm³/mol. The molecule has 1 saturated heterocycles. The topological polar surface area (TPSA) is 12.5 Å². The van der Waals surface area contributed by atoms with Crippen molar-refractivity contribution < 1.29 is 17.9 Å². The van der Waals surface area contributed by atoms with Gasteiger partial charge < -0.3 is 4.74 Å². The highest BCUT2D eigenvalue weighted by Gasteiger charge is 2.34. The average Bonchev–Trinajstić information content (AvgIpc) is 2.87. The molecule has 1 aliphatic carbocycles. The fraction of sp³-hybridized carbons (Fsp3) is 0.625. The Kier molecular flexibility index (Phi) is 4.11. The lowest BCUT2D eigenvalue weighted by atomic mass is 9.96. The van der Waals surface area contributed by atoms with Crippen molar-refractivity contribution in [3.63, 3.8) is 0 Å². The zero-order chi connectivity index (χ0) is 14.9. The predicted octanol–water partition coefficient (Wildman–Crippen LogP) is 4.23. The minimum Gasteiger partial charge on any atom is -0.490 e. The van der Waals surface area contributed by atoms with Crippen molar-refractivity contribution in [1.29, 1.82) is 0 Å². The van der Waals surface area contributed by atoms with Gasteiger partial charge in [0.25, 0.3) is 0 Å². The van der Waals surface area contributed by atoms with Crippen LogP contribution in [-0.4, -0.2) is 24.1 Å². The zero-order valence-corrected chi connectivity index (χ0v) is 12.0. The van der Waals surface area contributed by atoms with E-state index in [2.05, 4.69) is 4.90 Å². The van der Waals surface area contributed by atoms with Gasteiger partial charge in [-0.25, -0.2) is 0 Å². The van der Waals surface area contributed by atoms with Crippen LogP contribution in [0.5, 0.6) is 5.75 Å². The minimum absolute atomic E-state index is 0.0931. The molecule has 0 atom stereocenters. The first-order valence-electron chi connectivity index (χ1n) is 7.61. The van der Waals surface area contributed by atoms with E-state index in [0.717, 1.165) is 45.2 Å². The third-order valence-electron chi connectivity index (χ3n) is 4.33. The van der Waals surface area contributed by atoms with Gasteiger partial charge in [0, 0.05) is 6.54 Å². The molecule has 2 aliphatic rings. The Morgan fingerprint density at radius 1 is 1.10 bits per heavy atom. The van der Waals surface area contributed by atoms with Crippen LogP contribution in [0, 0.1) is 0 Å². The Labute approximate surface area is 122 Å². The van der Waals surface area contributed by atoms with E-state index in [-0.39, 0.29) is 6.10 Å². The van der Waals surface area contributed by atoms with Crippen LogP contribution in [0.1, 0.15) is 43.2 Å². The van der Waals surface area contributed by atoms with Gasteiger partial charge in [0.05, 0.1) is 11.7 Å². The second-order valence-corrected chi connectivity index (χ2v) is 5.97. The van der Waals surface area contributed by atoms with Gasteiger partial charge in [-0.3, -0.25) is 4.90 Å². The van der Waals surface area contributed by atoms with E-state index in [1.807, 2.05) is 0 Å². The Bertz CT molecular complexity index is 491. The molecular weight excluding hydrogens is 279 g/mol. The molecule has 116 valence electrons. The Hall–Kier alpha value is -1.23. The number of ether oxygens (including phenoxy) is 1. The second kappa shape index (κ2) is 5.87. The molecule has 21 heavy (non-hydrogen) atoms. The monoisotopic (exact) mass is 299 g/mol. The average molecular weight is 299 g/mol. The molecule has 3 rings (SSSR count). The quantitative estimate of drug-likeness (QED) is 0.825. The lowest BCUT2D eigenvalue weighted by Gasteiger charge is -2.27. The van der Waals surface area contributed by atoms with E-state index in [1.165, 1.54) is 6.07 Å². The number of alkyl halides is 3. The van der Waals surface area contributed by atoms with Crippen LogP contribution in [-0.2, 0) is 12.7 Å². The third kappa shape index (κ3) is 3.51. The molecule has 0 aromatic heterocycles. The highest BCUT2D eigenvalue weighted by molar-refractivity contribution is 5.38. The summed E-state index contributed by atoms with van der Waals surface area (Å²) in [4.78, 5) is 2.08. The molecule has 0 amide bonds. The van der Waals surface area contributed by atoms with Crippen LogP contribution >= 0.6 is 0 Å². The van der Waals surface area contributed by atoms with Crippen LogP contribution in [0.4, 0.5) is 13.2 Å². The van der Waals surface area contributed by atoms with Gasteiger partial charge in [-0.1, -0.05) is 6.07 Å². The van der Waals surface area contributed by atoms with E-state index < -0.39 is 11.7 Å². The van der Waals surface area contributed by atoms with Crippen molar-refractivity contribution in [2.75, 3.05) is 13.1 Å². The minimum atomic E-state index is -4.33. The number of halogens is 3. The first-order chi connectivity index (χ1) is 10.0. The first kappa shape index (κ1) is 14.7. The summed E-state index contributed by atoms with van der Waals surface area (Å²) in [6.07, 6.45) is 0.899. The fourth-order valence-corrected chi connectivity index (χ4v) is 2.89. The van der Waals surface area contributed by atoms with Gasteiger partial charge in [0.2, 0.25) is 0 Å². The Morgan fingerprint density at radius 3 is 2.38 bits per heavy atom. The van der Waals surface area contributed by atoms with Gasteiger partial charge in [-0.15, -0.1) is 0 Å². The van der Waals surface area contributed by atoms with Crippen molar-refractivity contribution in [1.82, 2.24) is 4.90 Å². The lowest BCUT2D eigenvalue weighted by molar-refractivity contribution is -0.138. The maximum atomic E-state index is 13.3. The summed E-state index contributed by atoms with van der Waals surface area (Å²) in [5.41, 5.74) is -0.198. The number of benzene rings is 1. The number of hydrogen-bond acceptors (Lipinski definition) is 2. The van der Waals surface area contributed by atoms with Gasteiger partial charge in [0.1, 0.15) is 5.75 Å². The lowest BCUT2D eigenvalue weighted by Crippen LogP contribution is -2.25. The van der Waals surface area contributed by atoms with Crippen LogP contribution in [0.2, 0.25) is 0 Å². The number of rotatable bonds is 4. The number of hydrogen-bond donors (Lipinski definition) is 0. The van der Waals surface area contributed by atoms with Crippen molar-refractivity contribution >= 4 is 0 Å². The summed E-state index contributed by atoms with van der Waals surface area (Å²) in [5.74, 6) is 0.345. The molecule has 2 nitrogen and oxygen atoms in total. The molecular formula is C16H20F3NO. The van der Waals surface area contributed by atoms with E-state index in [4.69, 9.17) is 4.74 Å². The summed E-state index contributed by atoms with van der Waals surface area (Å²) in [6, 6.07) is 4.43. The third-order valence-corrected chi connectivity index (χ3v) is 4.33. The highest BCUT2D eigenvalue weighted by Crippen LogP contribution is 2.36. The van der Waals surface area contributed by atoms with E-state index in [1.54, 1.807) is 12.1 Å². The molecule has 1 aliphatic heterocycles. The summed E-state index contributed by atoms with van der Waals surface area (Å²) in [5, 5.41) is 0. The van der Waals surface area contributed by atoms with Gasteiger partial charge in [-0.2, -0.15) is 13.2 Å². The molecule has 5 heteroatoms. The van der Waals surface area contributed by atoms with Crippen molar-refractivity contribution in [2.24, 2.45) is 0 Å². The summed E-state index contributed by atoms with van der Waals surface area (Å²) < 4.78 is 45.4. The van der Waals surface area contributed by atoms with Crippen LogP contribution in [0.3, 0.4) is 0 Å². The smallest absolute Gasteiger partial charge is 0.416 e. The SMILES string of the molecule is FC(F)(F)c1cc(OC2CCC2)ccc1CN1CCCC1. The molecule has 0 radical (unpaired) electrons. The molecule has 1 aromatic rings. The van der Waals surface area contributed by atoms with E-state index in [9.17, 15) is 13.2 Å². The zero-order valence-electron chi connectivity index (χ0n) is 12.0. The summed E-state index contributed by atoms with van der Waals surface area (Å²) in [7, 11) is 0. The van der Waals surface area contributed by atoms with Gasteiger partial charge in [-0.05, 0) is 62.9 Å². The van der Waals surface area contributed by atoms with Crippen molar-refractivity contribution in [2.45, 2.75) is 50.9 Å². The molecule has 1 saturated carbocycles. The van der Waals surface area contributed by atoms with Crippen LogP contribution in [0.25, 0.3) is 0 Å². The molecule has 0 bridgehead atoms. The molecule has 0 unspecified atom stereocenters. The maximum absolute atomic E-state index is 13.3. The van der Waals surface area contributed by atoms with E-state index >= 15 is 0 Å². The molecule has 1 heterocycles. The standard InChI is InChI=1S/C16H20F3NO/c17-16(18,19)15-10-14(21-13-4-3-5-13)7-6-12(15)11-20-8-1-2-9-20/h6-7,10,13H,1-5,8-9,11H2. The second-order valence-electron chi connectivity index (χ2n) is 5.97. The molecule has 0 spiro atoms. The number of likely N-dealkylation sites (tertiary alicyclic amines) is 1. The first-order valence-corrected chi connectivity index (χ1v) is 7.61. The highest BCUT2D eigenvalue weighted by atomic mass is 19.4. The van der Waals surface area contributed by atoms with Gasteiger partial charge >= 0.3 is 6.18 Å². The summed E-state index contributed by atoms with van der Waals surface area (Å²) in [6.45, 7) is 2.15. The largest absolute Gasteiger partial charge is 0.490 e. The normalized spacial score (nSPS) is 20.5. The number of nitrogens with zero attached hydrogens (tertiary/aromatic N) is 1. The van der Waals surface area contributed by atoms with Gasteiger partial charge in [0.15, 0.2) is 0 Å². The van der Waals surface area contributed by atoms with Crippen molar-refractivity contribution in [3.8, 4) is 5.75 Å². The van der Waals surface area contributed by atoms with Crippen LogP contribution in [0.15, 0.2) is 18.2 Å². The van der Waals surface area contributed by atoms with Crippen LogP contribution < -0.4 is 4.74 Å². The Balaban J connectivity index is 1.80. The molecule has 0 N–H and O–H groups in total. The van der Waals surface area contributed by atoms with Crippen molar-refractivity contribution in [3.05, 3.63) is 29.3 Å². The fourth-order valence-electron chi connectivity index (χ4n) is 2.89. The summed E-state index contributed by atoms with van der Waals surface area (Å²) >= 11 is 0. The van der Waals surface area contributed by atoms with E-state index in [0.29, 0.717) is 17.9 Å². The molecule has 2 fully saturated rings. The maximum Gasteiger partial charge on any atom is 0.416 e. The molecule has 1 aromatic carbocycles. The Morgan fingerprint density at radius 2 is 1.81 bits per heavy atom.